The van der Waals surface area contributed by atoms with E-state index in [1.807, 2.05) is 0 Å². The van der Waals surface area contributed by atoms with E-state index in [4.69, 9.17) is 0 Å². The van der Waals surface area contributed by atoms with Crippen LogP contribution >= 0.6 is 0 Å². The van der Waals surface area contributed by atoms with Crippen molar-refractivity contribution in [1.29, 1.82) is 0 Å². The number of benzene rings is 2. The molecular formula is C18H17F3N2O2. The fourth-order valence-corrected chi connectivity index (χ4v) is 2.38. The summed E-state index contributed by atoms with van der Waals surface area (Å²) in [6, 6.07) is 8.69. The van der Waals surface area contributed by atoms with Gasteiger partial charge in [0.25, 0.3) is 5.91 Å². The van der Waals surface area contributed by atoms with Crippen molar-refractivity contribution < 1.29 is 22.8 Å². The fourth-order valence-electron chi connectivity index (χ4n) is 2.38. The lowest BCUT2D eigenvalue weighted by molar-refractivity contribution is -0.116. The molecule has 0 atom stereocenters. The minimum atomic E-state index is -1.65. The summed E-state index contributed by atoms with van der Waals surface area (Å²) in [6.45, 7) is 2.89. The third-order valence-corrected chi connectivity index (χ3v) is 3.70. The van der Waals surface area contributed by atoms with Gasteiger partial charge in [-0.1, -0.05) is 18.2 Å². The molecule has 2 amide bonds. The van der Waals surface area contributed by atoms with Gasteiger partial charge in [0.05, 0.1) is 5.69 Å². The number of anilines is 1. The van der Waals surface area contributed by atoms with Crippen molar-refractivity contribution in [2.45, 2.75) is 13.8 Å². The highest BCUT2D eigenvalue weighted by Gasteiger charge is 2.21. The Morgan fingerprint density at radius 1 is 1.04 bits per heavy atom. The summed E-state index contributed by atoms with van der Waals surface area (Å²) in [5.74, 6) is -5.33. The molecule has 0 bridgehead atoms. The SMILES string of the molecule is CC(=O)N(CCNC(=O)c1ccccc1C)c1ccc(F)c(F)c1F. The molecule has 0 saturated heterocycles. The summed E-state index contributed by atoms with van der Waals surface area (Å²) >= 11 is 0. The number of hydrogen-bond donors (Lipinski definition) is 1. The molecule has 0 unspecified atom stereocenters. The van der Waals surface area contributed by atoms with Gasteiger partial charge in [0, 0.05) is 25.6 Å². The summed E-state index contributed by atoms with van der Waals surface area (Å²) in [4.78, 5) is 24.8. The van der Waals surface area contributed by atoms with Crippen LogP contribution in [0.25, 0.3) is 0 Å². The van der Waals surface area contributed by atoms with Crippen LogP contribution in [-0.2, 0) is 4.79 Å². The molecule has 0 saturated carbocycles. The number of halogens is 3. The molecule has 0 heterocycles. The molecule has 0 aliphatic rings. The number of hydrogen-bond acceptors (Lipinski definition) is 2. The monoisotopic (exact) mass is 350 g/mol. The predicted octanol–water partition coefficient (Wildman–Crippen LogP) is 3.20. The quantitative estimate of drug-likeness (QED) is 0.842. The first kappa shape index (κ1) is 18.5. The summed E-state index contributed by atoms with van der Waals surface area (Å²) in [5.41, 5.74) is 0.891. The Morgan fingerprint density at radius 2 is 1.72 bits per heavy atom. The molecule has 0 radical (unpaired) electrons. The van der Waals surface area contributed by atoms with Gasteiger partial charge >= 0.3 is 0 Å². The molecule has 4 nitrogen and oxygen atoms in total. The van der Waals surface area contributed by atoms with Crippen molar-refractivity contribution in [3.8, 4) is 0 Å². The van der Waals surface area contributed by atoms with E-state index in [9.17, 15) is 22.8 Å². The van der Waals surface area contributed by atoms with Crippen molar-refractivity contribution in [1.82, 2.24) is 5.32 Å². The molecule has 2 rings (SSSR count). The van der Waals surface area contributed by atoms with E-state index >= 15 is 0 Å². The molecule has 0 spiro atoms. The molecule has 0 fully saturated rings. The van der Waals surface area contributed by atoms with Crippen LogP contribution in [-0.4, -0.2) is 24.9 Å². The van der Waals surface area contributed by atoms with E-state index in [1.54, 1.807) is 31.2 Å². The van der Waals surface area contributed by atoms with E-state index in [0.717, 1.165) is 22.6 Å². The van der Waals surface area contributed by atoms with Crippen LogP contribution < -0.4 is 10.2 Å². The second-order valence-corrected chi connectivity index (χ2v) is 5.44. The Morgan fingerprint density at radius 3 is 2.36 bits per heavy atom. The molecule has 7 heteroatoms. The third kappa shape index (κ3) is 4.17. The second-order valence-electron chi connectivity index (χ2n) is 5.44. The van der Waals surface area contributed by atoms with Gasteiger partial charge in [-0.2, -0.15) is 0 Å². The van der Waals surface area contributed by atoms with E-state index in [2.05, 4.69) is 5.32 Å². The van der Waals surface area contributed by atoms with Crippen molar-refractivity contribution in [3.63, 3.8) is 0 Å². The number of carbonyl (C=O) groups is 2. The summed E-state index contributed by atoms with van der Waals surface area (Å²) in [7, 11) is 0. The third-order valence-electron chi connectivity index (χ3n) is 3.70. The van der Waals surface area contributed by atoms with Crippen LogP contribution in [0.15, 0.2) is 36.4 Å². The predicted molar refractivity (Wildman–Crippen MR) is 87.9 cm³/mol. The van der Waals surface area contributed by atoms with Gasteiger partial charge in [0.2, 0.25) is 5.91 Å². The van der Waals surface area contributed by atoms with Gasteiger partial charge < -0.3 is 10.2 Å². The minimum absolute atomic E-state index is 0.0190. The molecule has 2 aromatic rings. The highest BCUT2D eigenvalue weighted by atomic mass is 19.2. The lowest BCUT2D eigenvalue weighted by atomic mass is 10.1. The van der Waals surface area contributed by atoms with E-state index < -0.39 is 23.4 Å². The van der Waals surface area contributed by atoms with E-state index in [0.29, 0.717) is 5.56 Å². The van der Waals surface area contributed by atoms with Gasteiger partial charge in [-0.25, -0.2) is 13.2 Å². The number of carbonyl (C=O) groups excluding carboxylic acids is 2. The first-order chi connectivity index (χ1) is 11.8. The van der Waals surface area contributed by atoms with Crippen LogP contribution in [0.1, 0.15) is 22.8 Å². The Bertz CT molecular complexity index is 809. The molecular weight excluding hydrogens is 333 g/mol. The Kier molecular flexibility index (Phi) is 5.80. The van der Waals surface area contributed by atoms with Crippen LogP contribution in [0.3, 0.4) is 0 Å². The van der Waals surface area contributed by atoms with Gasteiger partial charge in [0.1, 0.15) is 0 Å². The highest BCUT2D eigenvalue weighted by Crippen LogP contribution is 2.23. The van der Waals surface area contributed by atoms with E-state index in [-0.39, 0.29) is 24.7 Å². The maximum absolute atomic E-state index is 13.9. The van der Waals surface area contributed by atoms with Gasteiger partial charge in [0.15, 0.2) is 17.5 Å². The van der Waals surface area contributed by atoms with Gasteiger partial charge in [-0.15, -0.1) is 0 Å². The Labute approximate surface area is 143 Å². The first-order valence-electron chi connectivity index (χ1n) is 7.58. The minimum Gasteiger partial charge on any atom is -0.350 e. The lowest BCUT2D eigenvalue weighted by Crippen LogP contribution is -2.38. The maximum Gasteiger partial charge on any atom is 0.251 e. The lowest BCUT2D eigenvalue weighted by Gasteiger charge is -2.22. The smallest absolute Gasteiger partial charge is 0.251 e. The zero-order chi connectivity index (χ0) is 18.6. The zero-order valence-corrected chi connectivity index (χ0v) is 13.8. The Balaban J connectivity index is 2.09. The molecule has 2 aromatic carbocycles. The molecule has 25 heavy (non-hydrogen) atoms. The summed E-state index contributed by atoms with van der Waals surface area (Å²) < 4.78 is 40.3. The average molecular weight is 350 g/mol. The average Bonchev–Trinajstić information content (AvgIpc) is 2.57. The van der Waals surface area contributed by atoms with Crippen molar-refractivity contribution in [2.75, 3.05) is 18.0 Å². The Hall–Kier alpha value is -2.83. The van der Waals surface area contributed by atoms with E-state index in [1.165, 1.54) is 6.92 Å². The van der Waals surface area contributed by atoms with Crippen molar-refractivity contribution >= 4 is 17.5 Å². The fraction of sp³-hybridized carbons (Fsp3) is 0.222. The topological polar surface area (TPSA) is 49.4 Å². The molecule has 0 aliphatic heterocycles. The molecule has 0 aromatic heterocycles. The summed E-state index contributed by atoms with van der Waals surface area (Å²) in [6.07, 6.45) is 0. The molecule has 1 N–H and O–H groups in total. The second kappa shape index (κ2) is 7.83. The van der Waals surface area contributed by atoms with Gasteiger partial charge in [-0.05, 0) is 30.7 Å². The van der Waals surface area contributed by atoms with Crippen LogP contribution in [0.2, 0.25) is 0 Å². The van der Waals surface area contributed by atoms with Crippen molar-refractivity contribution in [3.05, 3.63) is 65.0 Å². The normalized spacial score (nSPS) is 10.4. The summed E-state index contributed by atoms with van der Waals surface area (Å²) in [5, 5.41) is 2.62. The maximum atomic E-state index is 13.9. The van der Waals surface area contributed by atoms with Crippen molar-refractivity contribution in [2.24, 2.45) is 0 Å². The largest absolute Gasteiger partial charge is 0.350 e. The number of amides is 2. The highest BCUT2D eigenvalue weighted by molar-refractivity contribution is 5.96. The van der Waals surface area contributed by atoms with Crippen LogP contribution in [0.5, 0.6) is 0 Å². The standard InChI is InChI=1S/C18H17F3N2O2/c1-11-5-3-4-6-13(11)18(25)22-9-10-23(12(2)24)15-8-7-14(19)16(20)17(15)21/h3-8H,9-10H2,1-2H3,(H,22,25). The van der Waals surface area contributed by atoms with Gasteiger partial charge in [-0.3, -0.25) is 9.59 Å². The van der Waals surface area contributed by atoms with Crippen LogP contribution in [0.4, 0.5) is 18.9 Å². The first-order valence-corrected chi connectivity index (χ1v) is 7.58. The number of aryl methyl sites for hydroxylation is 1. The number of nitrogens with one attached hydrogen (secondary N) is 1. The molecule has 0 aliphatic carbocycles. The molecule has 132 valence electrons. The number of rotatable bonds is 5. The zero-order valence-electron chi connectivity index (χ0n) is 13.8. The van der Waals surface area contributed by atoms with Crippen LogP contribution in [0, 0.1) is 24.4 Å². The number of nitrogens with zero attached hydrogens (tertiary/aromatic N) is 1.